The van der Waals surface area contributed by atoms with Crippen molar-refractivity contribution < 1.29 is 0 Å². The zero-order valence-electron chi connectivity index (χ0n) is 12.8. The summed E-state index contributed by atoms with van der Waals surface area (Å²) in [6, 6.07) is 10.6. The number of aromatic nitrogens is 4. The molecule has 0 bridgehead atoms. The lowest BCUT2D eigenvalue weighted by molar-refractivity contribution is 0.568. The third-order valence-corrected chi connectivity index (χ3v) is 4.11. The number of nitrogens with zero attached hydrogens (tertiary/aromatic N) is 4. The largest absolute Gasteiger partial charge is 0.304 e. The van der Waals surface area contributed by atoms with Crippen molar-refractivity contribution in [2.24, 2.45) is 0 Å². The first-order valence-electron chi connectivity index (χ1n) is 7.66. The van der Waals surface area contributed by atoms with Crippen LogP contribution in [0, 0.1) is 0 Å². The van der Waals surface area contributed by atoms with E-state index in [1.807, 2.05) is 29.1 Å². The van der Waals surface area contributed by atoms with Gasteiger partial charge in [0.2, 0.25) is 0 Å². The zero-order chi connectivity index (χ0) is 15.6. The Bertz CT molecular complexity index is 954. The molecule has 0 saturated heterocycles. The molecule has 1 N–H and O–H groups in total. The molecule has 4 aromatic rings. The van der Waals surface area contributed by atoms with Crippen molar-refractivity contribution in [1.82, 2.24) is 24.7 Å². The van der Waals surface area contributed by atoms with Crippen LogP contribution < -0.4 is 5.32 Å². The lowest BCUT2D eigenvalue weighted by atomic mass is 10.0. The molecule has 0 aliphatic heterocycles. The van der Waals surface area contributed by atoms with Gasteiger partial charge in [-0.1, -0.05) is 24.3 Å². The molecule has 5 heteroatoms. The van der Waals surface area contributed by atoms with Crippen molar-refractivity contribution in [3.05, 3.63) is 72.6 Å². The van der Waals surface area contributed by atoms with Gasteiger partial charge in [-0.05, 0) is 18.6 Å². The highest BCUT2D eigenvalue weighted by molar-refractivity contribution is 5.81. The van der Waals surface area contributed by atoms with E-state index >= 15 is 0 Å². The molecule has 0 aliphatic carbocycles. The second kappa shape index (κ2) is 5.78. The van der Waals surface area contributed by atoms with Crippen LogP contribution in [0.15, 0.2) is 61.3 Å². The van der Waals surface area contributed by atoms with Crippen LogP contribution >= 0.6 is 0 Å². The number of fused-ring (bicyclic) bond motifs is 2. The summed E-state index contributed by atoms with van der Waals surface area (Å²) < 4.78 is 2.05. The van der Waals surface area contributed by atoms with Gasteiger partial charge in [-0.3, -0.25) is 14.4 Å². The Morgan fingerprint density at radius 2 is 2.00 bits per heavy atom. The van der Waals surface area contributed by atoms with Crippen molar-refractivity contribution in [3.8, 4) is 0 Å². The molecular formula is C18H17N5. The summed E-state index contributed by atoms with van der Waals surface area (Å²) in [6.45, 7) is 2.89. The van der Waals surface area contributed by atoms with Crippen molar-refractivity contribution in [2.75, 3.05) is 0 Å². The number of hydrogen-bond acceptors (Lipinski definition) is 4. The van der Waals surface area contributed by atoms with E-state index in [9.17, 15) is 0 Å². The first-order chi connectivity index (χ1) is 11.3. The van der Waals surface area contributed by atoms with Gasteiger partial charge < -0.3 is 5.32 Å². The predicted octanol–water partition coefficient (Wildman–Crippen LogP) is 3.13. The van der Waals surface area contributed by atoms with Crippen molar-refractivity contribution in [3.63, 3.8) is 0 Å². The van der Waals surface area contributed by atoms with Gasteiger partial charge in [0, 0.05) is 36.6 Å². The number of hydrogen-bond donors (Lipinski definition) is 1. The highest BCUT2D eigenvalue weighted by Gasteiger charge is 2.11. The maximum absolute atomic E-state index is 4.53. The number of nitrogens with one attached hydrogen (secondary N) is 1. The topological polar surface area (TPSA) is 55.1 Å². The Kier molecular flexibility index (Phi) is 3.48. The van der Waals surface area contributed by atoms with Gasteiger partial charge in [0.25, 0.3) is 0 Å². The van der Waals surface area contributed by atoms with E-state index in [1.165, 1.54) is 10.9 Å². The van der Waals surface area contributed by atoms with Crippen LogP contribution in [0.4, 0.5) is 0 Å². The molecule has 0 fully saturated rings. The van der Waals surface area contributed by atoms with E-state index in [4.69, 9.17) is 0 Å². The fourth-order valence-electron chi connectivity index (χ4n) is 2.87. The molecule has 0 aliphatic rings. The minimum Gasteiger partial charge on any atom is -0.304 e. The number of pyridine rings is 1. The summed E-state index contributed by atoms with van der Waals surface area (Å²) in [6.07, 6.45) is 9.20. The number of rotatable bonds is 4. The van der Waals surface area contributed by atoms with Crippen LogP contribution in [0.25, 0.3) is 16.6 Å². The first kappa shape index (κ1) is 13.8. The summed E-state index contributed by atoms with van der Waals surface area (Å²) in [5, 5.41) is 4.73. The zero-order valence-corrected chi connectivity index (χ0v) is 12.8. The van der Waals surface area contributed by atoms with Gasteiger partial charge in [-0.2, -0.15) is 0 Å². The Morgan fingerprint density at radius 1 is 1.09 bits per heavy atom. The second-order valence-electron chi connectivity index (χ2n) is 5.58. The minimum absolute atomic E-state index is 0.195. The molecule has 0 saturated carbocycles. The van der Waals surface area contributed by atoms with Crippen molar-refractivity contribution >= 4 is 16.6 Å². The second-order valence-corrected chi connectivity index (χ2v) is 5.58. The number of imidazole rings is 1. The number of benzene rings is 1. The molecule has 5 nitrogen and oxygen atoms in total. The van der Waals surface area contributed by atoms with Crippen LogP contribution in [-0.4, -0.2) is 19.4 Å². The van der Waals surface area contributed by atoms with Gasteiger partial charge in [-0.25, -0.2) is 4.98 Å². The fraction of sp³-hybridized carbons (Fsp3) is 0.167. The van der Waals surface area contributed by atoms with Crippen LogP contribution in [0.3, 0.4) is 0 Å². The lowest BCUT2D eigenvalue weighted by Gasteiger charge is -2.15. The SMILES string of the molecule is CC(NCc1cnc2cnccn12)c1cccc2cccnc12. The van der Waals surface area contributed by atoms with E-state index in [2.05, 4.69) is 51.5 Å². The Balaban J connectivity index is 1.59. The third kappa shape index (κ3) is 2.55. The fourth-order valence-corrected chi connectivity index (χ4v) is 2.87. The normalized spacial score (nSPS) is 12.7. The first-order valence-corrected chi connectivity index (χ1v) is 7.66. The predicted molar refractivity (Wildman–Crippen MR) is 90.0 cm³/mol. The molecular weight excluding hydrogens is 286 g/mol. The van der Waals surface area contributed by atoms with Crippen LogP contribution in [0.5, 0.6) is 0 Å². The molecule has 1 atom stereocenters. The summed E-state index contributed by atoms with van der Waals surface area (Å²) in [5.41, 5.74) is 4.24. The van der Waals surface area contributed by atoms with E-state index in [0.29, 0.717) is 0 Å². The van der Waals surface area contributed by atoms with Gasteiger partial charge in [0.15, 0.2) is 5.65 Å². The standard InChI is InChI=1S/C18H17N5/c1-13(16-6-2-4-14-5-3-7-20-18(14)16)21-10-15-11-22-17-12-19-8-9-23(15)17/h2-9,11-13,21H,10H2,1H3. The molecule has 4 rings (SSSR count). The highest BCUT2D eigenvalue weighted by atomic mass is 15.0. The molecule has 0 radical (unpaired) electrons. The molecule has 1 aromatic carbocycles. The van der Waals surface area contributed by atoms with Crippen LogP contribution in [0.2, 0.25) is 0 Å². The summed E-state index contributed by atoms with van der Waals surface area (Å²) in [5.74, 6) is 0. The molecule has 3 heterocycles. The van der Waals surface area contributed by atoms with Crippen LogP contribution in [-0.2, 0) is 6.54 Å². The van der Waals surface area contributed by atoms with Crippen LogP contribution in [0.1, 0.15) is 24.2 Å². The van der Waals surface area contributed by atoms with Gasteiger partial charge in [0.05, 0.1) is 23.6 Å². The summed E-state index contributed by atoms with van der Waals surface area (Å²) in [4.78, 5) is 13.0. The van der Waals surface area contributed by atoms with E-state index in [1.54, 1.807) is 12.4 Å². The molecule has 1 unspecified atom stereocenters. The summed E-state index contributed by atoms with van der Waals surface area (Å²) >= 11 is 0. The van der Waals surface area contributed by atoms with Gasteiger partial charge in [0.1, 0.15) is 0 Å². The monoisotopic (exact) mass is 303 g/mol. The van der Waals surface area contributed by atoms with Gasteiger partial charge >= 0.3 is 0 Å². The Hall–Kier alpha value is -2.79. The van der Waals surface area contributed by atoms with Gasteiger partial charge in [-0.15, -0.1) is 0 Å². The molecule has 23 heavy (non-hydrogen) atoms. The van der Waals surface area contributed by atoms with Crippen molar-refractivity contribution in [2.45, 2.75) is 19.5 Å². The van der Waals surface area contributed by atoms with Crippen molar-refractivity contribution in [1.29, 1.82) is 0 Å². The minimum atomic E-state index is 0.195. The maximum Gasteiger partial charge on any atom is 0.155 e. The molecule has 114 valence electrons. The van der Waals surface area contributed by atoms with E-state index in [0.717, 1.165) is 23.4 Å². The Morgan fingerprint density at radius 3 is 2.96 bits per heavy atom. The smallest absolute Gasteiger partial charge is 0.155 e. The highest BCUT2D eigenvalue weighted by Crippen LogP contribution is 2.22. The molecule has 0 amide bonds. The quantitative estimate of drug-likeness (QED) is 0.629. The number of para-hydroxylation sites is 1. The van der Waals surface area contributed by atoms with E-state index < -0.39 is 0 Å². The summed E-state index contributed by atoms with van der Waals surface area (Å²) in [7, 11) is 0. The third-order valence-electron chi connectivity index (χ3n) is 4.11. The van der Waals surface area contributed by atoms with E-state index in [-0.39, 0.29) is 6.04 Å². The molecule has 3 aromatic heterocycles. The lowest BCUT2D eigenvalue weighted by Crippen LogP contribution is -2.19. The average Bonchev–Trinajstić information content (AvgIpc) is 3.02. The Labute approximate surface area is 134 Å². The average molecular weight is 303 g/mol. The molecule has 0 spiro atoms. The maximum atomic E-state index is 4.53.